The van der Waals surface area contributed by atoms with E-state index in [-0.39, 0.29) is 24.1 Å². The average Bonchev–Trinajstić information content (AvgIpc) is 2.89. The third kappa shape index (κ3) is 2.43. The molecule has 11 heteroatoms. The smallest absolute Gasteiger partial charge is 0.383 e. The van der Waals surface area contributed by atoms with E-state index in [1.54, 1.807) is 11.9 Å². The first kappa shape index (κ1) is 14.8. The van der Waals surface area contributed by atoms with Crippen molar-refractivity contribution in [3.8, 4) is 0 Å². The van der Waals surface area contributed by atoms with E-state index in [2.05, 4.69) is 25.5 Å². The number of alkyl halides is 3. The summed E-state index contributed by atoms with van der Waals surface area (Å²) in [6.45, 7) is 0.600. The highest BCUT2D eigenvalue weighted by atomic mass is 35.5. The SMILES string of the molecule is CNc1c(Cl)ncnc1N1CCn2c(nnc2C(F)(F)F)C1. The van der Waals surface area contributed by atoms with Crippen LogP contribution in [0, 0.1) is 0 Å². The van der Waals surface area contributed by atoms with E-state index >= 15 is 0 Å². The van der Waals surface area contributed by atoms with E-state index in [0.717, 1.165) is 4.57 Å². The second-order valence-electron chi connectivity index (χ2n) is 4.62. The second kappa shape index (κ2) is 5.27. The molecule has 0 radical (unpaired) electrons. The molecule has 22 heavy (non-hydrogen) atoms. The Morgan fingerprint density at radius 1 is 1.23 bits per heavy atom. The second-order valence-corrected chi connectivity index (χ2v) is 4.98. The van der Waals surface area contributed by atoms with E-state index in [1.165, 1.54) is 6.33 Å². The lowest BCUT2D eigenvalue weighted by atomic mass is 10.3. The van der Waals surface area contributed by atoms with E-state index in [1.807, 2.05) is 0 Å². The molecule has 2 aromatic heterocycles. The molecule has 2 aromatic rings. The monoisotopic (exact) mass is 333 g/mol. The van der Waals surface area contributed by atoms with Gasteiger partial charge in [-0.15, -0.1) is 10.2 Å². The van der Waals surface area contributed by atoms with Gasteiger partial charge in [-0.3, -0.25) is 0 Å². The molecular weight excluding hydrogens is 323 g/mol. The molecule has 118 valence electrons. The van der Waals surface area contributed by atoms with E-state index in [4.69, 9.17) is 11.6 Å². The van der Waals surface area contributed by atoms with Crippen LogP contribution in [0.2, 0.25) is 5.15 Å². The molecule has 0 bridgehead atoms. The fourth-order valence-corrected chi connectivity index (χ4v) is 2.58. The quantitative estimate of drug-likeness (QED) is 0.845. The molecule has 7 nitrogen and oxygen atoms in total. The molecule has 0 aliphatic carbocycles. The predicted molar refractivity (Wildman–Crippen MR) is 72.7 cm³/mol. The first-order valence-corrected chi connectivity index (χ1v) is 6.72. The van der Waals surface area contributed by atoms with Gasteiger partial charge >= 0.3 is 6.18 Å². The molecule has 3 rings (SSSR count). The summed E-state index contributed by atoms with van der Waals surface area (Å²) in [5.74, 6) is -0.225. The van der Waals surface area contributed by atoms with Crippen molar-refractivity contribution in [1.29, 1.82) is 0 Å². The molecule has 0 amide bonds. The predicted octanol–water partition coefficient (Wildman–Crippen LogP) is 1.80. The lowest BCUT2D eigenvalue weighted by Crippen LogP contribution is -2.36. The van der Waals surface area contributed by atoms with E-state index < -0.39 is 12.0 Å². The van der Waals surface area contributed by atoms with Crippen LogP contribution in [0.5, 0.6) is 0 Å². The van der Waals surface area contributed by atoms with E-state index in [0.29, 0.717) is 18.1 Å². The maximum Gasteiger partial charge on any atom is 0.451 e. The Morgan fingerprint density at radius 3 is 2.68 bits per heavy atom. The van der Waals surface area contributed by atoms with Gasteiger partial charge in [0.1, 0.15) is 12.0 Å². The van der Waals surface area contributed by atoms with Crippen LogP contribution in [0.25, 0.3) is 0 Å². The van der Waals surface area contributed by atoms with E-state index in [9.17, 15) is 13.2 Å². The van der Waals surface area contributed by atoms with Gasteiger partial charge < -0.3 is 14.8 Å². The first-order chi connectivity index (χ1) is 10.4. The summed E-state index contributed by atoms with van der Waals surface area (Å²) < 4.78 is 39.5. The van der Waals surface area contributed by atoms with Gasteiger partial charge in [-0.1, -0.05) is 11.6 Å². The number of anilines is 2. The van der Waals surface area contributed by atoms with Gasteiger partial charge in [0.25, 0.3) is 0 Å². The Balaban J connectivity index is 1.93. The van der Waals surface area contributed by atoms with Crippen molar-refractivity contribution in [2.24, 2.45) is 0 Å². The molecule has 0 fully saturated rings. The summed E-state index contributed by atoms with van der Waals surface area (Å²) in [6.07, 6.45) is -3.21. The minimum atomic E-state index is -4.51. The largest absolute Gasteiger partial charge is 0.451 e. The van der Waals surface area contributed by atoms with Crippen molar-refractivity contribution in [3.05, 3.63) is 23.1 Å². The first-order valence-electron chi connectivity index (χ1n) is 6.34. The molecular formula is C11H11ClF3N7. The van der Waals surface area contributed by atoms with Gasteiger partial charge in [0.05, 0.1) is 6.54 Å². The van der Waals surface area contributed by atoms with Gasteiger partial charge in [0.15, 0.2) is 16.8 Å². The van der Waals surface area contributed by atoms with Crippen molar-refractivity contribution < 1.29 is 13.2 Å². The van der Waals surface area contributed by atoms with Gasteiger partial charge in [0, 0.05) is 20.1 Å². The van der Waals surface area contributed by atoms with Crippen LogP contribution in [0.4, 0.5) is 24.7 Å². The molecule has 1 aliphatic rings. The highest BCUT2D eigenvalue weighted by Crippen LogP contribution is 2.33. The number of nitrogens with one attached hydrogen (secondary N) is 1. The van der Waals surface area contributed by atoms with Gasteiger partial charge in [-0.2, -0.15) is 13.2 Å². The highest BCUT2D eigenvalue weighted by Gasteiger charge is 2.39. The highest BCUT2D eigenvalue weighted by molar-refractivity contribution is 6.32. The topological polar surface area (TPSA) is 71.8 Å². The van der Waals surface area contributed by atoms with Crippen LogP contribution in [-0.2, 0) is 19.3 Å². The number of halogens is 4. The fraction of sp³-hybridized carbons (Fsp3) is 0.455. The maximum absolute atomic E-state index is 12.8. The van der Waals surface area contributed by atoms with Crippen molar-refractivity contribution in [1.82, 2.24) is 24.7 Å². The summed E-state index contributed by atoms with van der Waals surface area (Å²) >= 11 is 5.99. The number of hydrogen-bond donors (Lipinski definition) is 1. The molecule has 1 aliphatic heterocycles. The zero-order valence-corrected chi connectivity index (χ0v) is 12.1. The standard InChI is InChI=1S/C11H11ClF3N7/c1-16-7-8(12)17-5-18-9(7)21-2-3-22-6(4-21)19-20-10(22)11(13,14)15/h5,16H,2-4H2,1H3. The summed E-state index contributed by atoms with van der Waals surface area (Å²) in [6, 6.07) is 0. The van der Waals surface area contributed by atoms with Crippen molar-refractivity contribution in [2.75, 3.05) is 23.8 Å². The van der Waals surface area contributed by atoms with Crippen molar-refractivity contribution in [3.63, 3.8) is 0 Å². The van der Waals surface area contributed by atoms with Crippen LogP contribution < -0.4 is 10.2 Å². The lowest BCUT2D eigenvalue weighted by molar-refractivity contribution is -0.147. The normalized spacial score (nSPS) is 14.9. The number of rotatable bonds is 2. The van der Waals surface area contributed by atoms with Crippen LogP contribution in [-0.4, -0.2) is 38.3 Å². The number of fused-ring (bicyclic) bond motifs is 1. The van der Waals surface area contributed by atoms with Gasteiger partial charge in [0.2, 0.25) is 5.82 Å². The average molecular weight is 334 g/mol. The minimum Gasteiger partial charge on any atom is -0.383 e. The number of hydrogen-bond acceptors (Lipinski definition) is 6. The van der Waals surface area contributed by atoms with Crippen LogP contribution in [0.15, 0.2) is 6.33 Å². The van der Waals surface area contributed by atoms with Crippen molar-refractivity contribution >= 4 is 23.1 Å². The van der Waals surface area contributed by atoms with Crippen LogP contribution in [0.3, 0.4) is 0 Å². The Bertz CT molecular complexity index is 699. The summed E-state index contributed by atoms with van der Waals surface area (Å²) in [5.41, 5.74) is 0.521. The van der Waals surface area contributed by atoms with Crippen LogP contribution >= 0.6 is 11.6 Å². The number of aromatic nitrogens is 5. The fourth-order valence-electron chi connectivity index (χ4n) is 2.36. The van der Waals surface area contributed by atoms with Gasteiger partial charge in [-0.25, -0.2) is 9.97 Å². The zero-order valence-electron chi connectivity index (χ0n) is 11.4. The molecule has 1 N–H and O–H groups in total. The van der Waals surface area contributed by atoms with Crippen LogP contribution in [0.1, 0.15) is 11.6 Å². The van der Waals surface area contributed by atoms with Gasteiger partial charge in [-0.05, 0) is 0 Å². The minimum absolute atomic E-state index is 0.113. The molecule has 0 spiro atoms. The summed E-state index contributed by atoms with van der Waals surface area (Å²) in [5, 5.41) is 10.0. The third-order valence-electron chi connectivity index (χ3n) is 3.34. The molecule has 0 aromatic carbocycles. The Labute approximate surface area is 128 Å². The third-order valence-corrected chi connectivity index (χ3v) is 3.62. The molecule has 0 unspecified atom stereocenters. The summed E-state index contributed by atoms with van der Waals surface area (Å²) in [4.78, 5) is 9.80. The molecule has 0 saturated heterocycles. The Morgan fingerprint density at radius 2 is 2.00 bits per heavy atom. The molecule has 0 saturated carbocycles. The number of nitrogens with zero attached hydrogens (tertiary/aromatic N) is 6. The Kier molecular flexibility index (Phi) is 3.55. The Hall–Kier alpha value is -2.10. The zero-order chi connectivity index (χ0) is 15.9. The lowest BCUT2D eigenvalue weighted by Gasteiger charge is -2.30. The molecule has 3 heterocycles. The maximum atomic E-state index is 12.8. The van der Waals surface area contributed by atoms with Crippen molar-refractivity contribution in [2.45, 2.75) is 19.3 Å². The summed E-state index contributed by atoms with van der Waals surface area (Å²) in [7, 11) is 1.67. The molecule has 0 atom stereocenters.